The van der Waals surface area contributed by atoms with Gasteiger partial charge in [-0.05, 0) is 63.5 Å². The number of likely N-dealkylation sites (tertiary alicyclic amines) is 1. The van der Waals surface area contributed by atoms with Crippen LogP contribution in [-0.2, 0) is 0 Å². The van der Waals surface area contributed by atoms with E-state index in [9.17, 15) is 0 Å². The summed E-state index contributed by atoms with van der Waals surface area (Å²) in [5, 5.41) is 7.20. The third-order valence-corrected chi connectivity index (χ3v) is 8.63. The van der Waals surface area contributed by atoms with Crippen LogP contribution in [0.15, 0.2) is 80.3 Å². The predicted molar refractivity (Wildman–Crippen MR) is 148 cm³/mol. The molecule has 1 saturated heterocycles. The van der Waals surface area contributed by atoms with Gasteiger partial charge in [-0.3, -0.25) is 0 Å². The number of anilines is 1. The topological polar surface area (TPSA) is 93.5 Å². The van der Waals surface area contributed by atoms with E-state index in [2.05, 4.69) is 32.4 Å². The minimum absolute atomic E-state index is 0.252. The summed E-state index contributed by atoms with van der Waals surface area (Å²) in [5.41, 5.74) is 8.94. The Balaban J connectivity index is 1.37. The highest BCUT2D eigenvalue weighted by Crippen LogP contribution is 2.45. The van der Waals surface area contributed by atoms with Gasteiger partial charge in [0.25, 0.3) is 5.71 Å². The number of aromatic nitrogens is 3. The molecule has 2 aliphatic heterocycles. The van der Waals surface area contributed by atoms with Gasteiger partial charge in [0.05, 0.1) is 11.1 Å². The lowest BCUT2D eigenvalue weighted by Crippen LogP contribution is -2.40. The van der Waals surface area contributed by atoms with Gasteiger partial charge in [0.2, 0.25) is 0 Å². The van der Waals surface area contributed by atoms with E-state index in [1.807, 2.05) is 55.6 Å². The molecule has 4 aromatic rings. The molecule has 1 aromatic carbocycles. The quantitative estimate of drug-likeness (QED) is 0.326. The fourth-order valence-electron chi connectivity index (χ4n) is 4.79. The van der Waals surface area contributed by atoms with Crippen LogP contribution in [0, 0.1) is 12.8 Å². The van der Waals surface area contributed by atoms with E-state index < -0.39 is 0 Å². The van der Waals surface area contributed by atoms with E-state index in [0.29, 0.717) is 17.4 Å². The molecule has 1 atom stereocenters. The molecular weight excluding hydrogens is 504 g/mol. The first-order chi connectivity index (χ1) is 18.1. The number of nitrogens with two attached hydrogens (primary N) is 1. The second kappa shape index (κ2) is 10.4. The van der Waals surface area contributed by atoms with Crippen LogP contribution in [0.4, 0.5) is 5.82 Å². The monoisotopic (exact) mass is 532 g/mol. The molecule has 1 fully saturated rings. The zero-order valence-corrected chi connectivity index (χ0v) is 22.3. The summed E-state index contributed by atoms with van der Waals surface area (Å²) in [5.74, 6) is 2.59. The number of hydrogen-bond acceptors (Lipinski definition) is 10. The lowest BCUT2D eigenvalue weighted by Gasteiger charge is -2.35. The molecular formula is C27H28N6O2S2. The second-order valence-corrected chi connectivity index (χ2v) is 11.4. The van der Waals surface area contributed by atoms with Crippen LogP contribution in [0.5, 0.6) is 11.5 Å². The Labute approximate surface area is 224 Å². The maximum Gasteiger partial charge on any atom is 0.259 e. The molecule has 0 bridgehead atoms. The maximum absolute atomic E-state index is 6.63. The van der Waals surface area contributed by atoms with Crippen molar-refractivity contribution in [2.24, 2.45) is 11.7 Å². The smallest absolute Gasteiger partial charge is 0.259 e. The minimum atomic E-state index is -0.252. The van der Waals surface area contributed by atoms with E-state index in [0.717, 1.165) is 58.4 Å². The first kappa shape index (κ1) is 24.3. The molecule has 1 unspecified atom stereocenters. The van der Waals surface area contributed by atoms with Gasteiger partial charge in [-0.1, -0.05) is 46.9 Å². The number of allylic oxidation sites excluding steroid dienone is 1. The van der Waals surface area contributed by atoms with E-state index in [-0.39, 0.29) is 5.50 Å². The van der Waals surface area contributed by atoms with E-state index in [4.69, 9.17) is 20.0 Å². The molecule has 3 aromatic heterocycles. The maximum atomic E-state index is 6.63. The highest BCUT2D eigenvalue weighted by atomic mass is 32.2. The van der Waals surface area contributed by atoms with Crippen molar-refractivity contribution in [1.82, 2.24) is 20.0 Å². The van der Waals surface area contributed by atoms with Gasteiger partial charge in [0.1, 0.15) is 11.2 Å². The lowest BCUT2D eigenvalue weighted by molar-refractivity contribution is 0.236. The third-order valence-electron chi connectivity index (χ3n) is 6.74. The van der Waals surface area contributed by atoms with Gasteiger partial charge in [-0.15, -0.1) is 0 Å². The summed E-state index contributed by atoms with van der Waals surface area (Å²) in [7, 11) is 2.18. The number of aryl methyl sites for hydroxylation is 1. The molecule has 5 heterocycles. The first-order valence-electron chi connectivity index (χ1n) is 12.3. The Bertz CT molecular complexity index is 1440. The standard InChI is InChI=1S/C27H28N6O2S2/c1-17-24-23(8-11-29-26(24)35-31-17)37-20-14-22(34-19-6-4-3-5-7-19)25(30-15-20)33-21(16-36-27(33)28)18-9-12-32(2)13-10-18/h3-8,11,14-16,18,27H,9-10,12-13,28H2,1-2H3. The van der Waals surface area contributed by atoms with E-state index in [1.54, 1.807) is 29.7 Å². The molecule has 2 aliphatic rings. The molecule has 0 aliphatic carbocycles. The Morgan fingerprint density at radius 2 is 1.95 bits per heavy atom. The SMILES string of the molecule is Cc1noc2nccc(Sc3cnc(N4C(C5CCN(C)CC5)=CSC4N)c(Oc4ccccc4)c3)c12. The fourth-order valence-corrected chi connectivity index (χ4v) is 6.71. The molecule has 0 radical (unpaired) electrons. The Kier molecular flexibility index (Phi) is 6.81. The molecule has 2 N–H and O–H groups in total. The number of thioether (sulfide) groups is 1. The number of para-hydroxylation sites is 1. The molecule has 10 heteroatoms. The number of benzene rings is 1. The molecule has 37 heavy (non-hydrogen) atoms. The van der Waals surface area contributed by atoms with Crippen molar-refractivity contribution in [2.45, 2.75) is 35.1 Å². The second-order valence-electron chi connectivity index (χ2n) is 9.28. The summed E-state index contributed by atoms with van der Waals surface area (Å²) < 4.78 is 11.8. The van der Waals surface area contributed by atoms with Crippen molar-refractivity contribution in [3.8, 4) is 11.5 Å². The van der Waals surface area contributed by atoms with Crippen LogP contribution in [-0.4, -0.2) is 45.7 Å². The largest absolute Gasteiger partial charge is 0.453 e. The van der Waals surface area contributed by atoms with Gasteiger partial charge in [0, 0.05) is 39.9 Å². The summed E-state index contributed by atoms with van der Waals surface area (Å²) in [6, 6.07) is 13.8. The van der Waals surface area contributed by atoms with Crippen molar-refractivity contribution in [3.63, 3.8) is 0 Å². The molecule has 0 amide bonds. The van der Waals surface area contributed by atoms with Crippen molar-refractivity contribution >= 4 is 40.4 Å². The van der Waals surface area contributed by atoms with Crippen molar-refractivity contribution < 1.29 is 9.26 Å². The summed E-state index contributed by atoms with van der Waals surface area (Å²) >= 11 is 3.22. The highest BCUT2D eigenvalue weighted by Gasteiger charge is 2.34. The average molecular weight is 533 g/mol. The van der Waals surface area contributed by atoms with Gasteiger partial charge < -0.3 is 24.8 Å². The van der Waals surface area contributed by atoms with Crippen LogP contribution in [0.25, 0.3) is 11.1 Å². The third kappa shape index (κ3) is 4.94. The Hall–Kier alpha value is -3.05. The minimum Gasteiger partial charge on any atom is -0.453 e. The van der Waals surface area contributed by atoms with Crippen LogP contribution in [0.3, 0.4) is 0 Å². The highest BCUT2D eigenvalue weighted by molar-refractivity contribution is 8.03. The molecule has 0 spiro atoms. The molecule has 8 nitrogen and oxygen atoms in total. The predicted octanol–water partition coefficient (Wildman–Crippen LogP) is 5.85. The van der Waals surface area contributed by atoms with Crippen LogP contribution < -0.4 is 15.4 Å². The molecule has 6 rings (SSSR count). The summed E-state index contributed by atoms with van der Waals surface area (Å²) in [6.45, 7) is 4.08. The Morgan fingerprint density at radius 1 is 1.14 bits per heavy atom. The zero-order chi connectivity index (χ0) is 25.4. The number of pyridine rings is 2. The van der Waals surface area contributed by atoms with Crippen molar-refractivity contribution in [2.75, 3.05) is 25.0 Å². The van der Waals surface area contributed by atoms with E-state index >= 15 is 0 Å². The van der Waals surface area contributed by atoms with Crippen LogP contribution in [0.1, 0.15) is 18.5 Å². The number of rotatable bonds is 6. The number of piperidine rings is 1. The number of ether oxygens (including phenoxy) is 1. The van der Waals surface area contributed by atoms with Crippen molar-refractivity contribution in [1.29, 1.82) is 0 Å². The fraction of sp³-hybridized carbons (Fsp3) is 0.296. The van der Waals surface area contributed by atoms with E-state index in [1.165, 1.54) is 5.70 Å². The Morgan fingerprint density at radius 3 is 2.76 bits per heavy atom. The summed E-state index contributed by atoms with van der Waals surface area (Å²) in [6.07, 6.45) is 5.82. The lowest BCUT2D eigenvalue weighted by atomic mass is 9.93. The van der Waals surface area contributed by atoms with Crippen LogP contribution in [0.2, 0.25) is 0 Å². The van der Waals surface area contributed by atoms with Gasteiger partial charge in [0.15, 0.2) is 11.6 Å². The summed E-state index contributed by atoms with van der Waals surface area (Å²) in [4.78, 5) is 15.7. The van der Waals surface area contributed by atoms with Crippen LogP contribution >= 0.6 is 23.5 Å². The molecule has 190 valence electrons. The number of nitrogens with zero attached hydrogens (tertiary/aromatic N) is 5. The van der Waals surface area contributed by atoms with Crippen molar-refractivity contribution in [3.05, 3.63) is 71.7 Å². The van der Waals surface area contributed by atoms with Gasteiger partial charge in [-0.25, -0.2) is 9.97 Å². The number of hydrogen-bond donors (Lipinski definition) is 1. The molecule has 0 saturated carbocycles. The normalized spacial score (nSPS) is 18.9. The van der Waals surface area contributed by atoms with Gasteiger partial charge >= 0.3 is 0 Å². The van der Waals surface area contributed by atoms with Gasteiger partial charge in [-0.2, -0.15) is 0 Å². The number of fused-ring (bicyclic) bond motifs is 1. The average Bonchev–Trinajstić information content (AvgIpc) is 3.48. The first-order valence-corrected chi connectivity index (χ1v) is 14.0. The zero-order valence-electron chi connectivity index (χ0n) is 20.7.